The van der Waals surface area contributed by atoms with Gasteiger partial charge in [0, 0.05) is 19.3 Å². The number of nitrogens with one attached hydrogen (secondary N) is 1. The second kappa shape index (κ2) is 6.36. The fourth-order valence-electron chi connectivity index (χ4n) is 3.91. The zero-order valence-electron chi connectivity index (χ0n) is 15.3. The molecule has 24 heavy (non-hydrogen) atoms. The van der Waals surface area contributed by atoms with Crippen LogP contribution in [0.4, 0.5) is 5.82 Å². The van der Waals surface area contributed by atoms with E-state index >= 15 is 0 Å². The fourth-order valence-corrected chi connectivity index (χ4v) is 3.91. The van der Waals surface area contributed by atoms with Crippen LogP contribution in [0, 0.1) is 0 Å². The molecule has 2 aliphatic rings. The molecule has 0 spiro atoms. The Morgan fingerprint density at radius 2 is 1.96 bits per heavy atom. The van der Waals surface area contributed by atoms with Crippen molar-refractivity contribution in [1.29, 1.82) is 0 Å². The van der Waals surface area contributed by atoms with Gasteiger partial charge in [0.2, 0.25) is 0 Å². The largest absolute Gasteiger partial charge is 0.367 e. The highest BCUT2D eigenvalue weighted by molar-refractivity contribution is 5.98. The van der Waals surface area contributed by atoms with E-state index in [0.29, 0.717) is 11.4 Å². The Labute approximate surface area is 144 Å². The lowest BCUT2D eigenvalue weighted by atomic mass is 9.94. The van der Waals surface area contributed by atoms with E-state index in [1.54, 1.807) is 6.20 Å². The van der Waals surface area contributed by atoms with Gasteiger partial charge in [-0.2, -0.15) is 0 Å². The molecule has 1 aromatic heterocycles. The number of piperidine rings is 1. The van der Waals surface area contributed by atoms with Gasteiger partial charge < -0.3 is 15.0 Å². The van der Waals surface area contributed by atoms with Gasteiger partial charge in [-0.3, -0.25) is 4.79 Å². The van der Waals surface area contributed by atoms with Crippen molar-refractivity contribution in [3.05, 3.63) is 23.9 Å². The molecule has 0 bridgehead atoms. The molecule has 1 atom stereocenters. The number of amides is 1. The quantitative estimate of drug-likeness (QED) is 0.921. The lowest BCUT2D eigenvalue weighted by Gasteiger charge is -2.30. The van der Waals surface area contributed by atoms with E-state index < -0.39 is 0 Å². The molecule has 2 aliphatic heterocycles. The predicted molar refractivity (Wildman–Crippen MR) is 95.3 cm³/mol. The summed E-state index contributed by atoms with van der Waals surface area (Å²) in [6.45, 7) is 10.1. The van der Waals surface area contributed by atoms with E-state index in [1.807, 2.05) is 17.0 Å². The van der Waals surface area contributed by atoms with E-state index in [0.717, 1.165) is 32.4 Å². The Morgan fingerprint density at radius 3 is 2.58 bits per heavy atom. The van der Waals surface area contributed by atoms with Gasteiger partial charge in [-0.15, -0.1) is 0 Å². The van der Waals surface area contributed by atoms with E-state index in [9.17, 15) is 4.79 Å². The summed E-state index contributed by atoms with van der Waals surface area (Å²) in [7, 11) is 0. The number of hydrogen-bond donors (Lipinski definition) is 1. The standard InChI is InChI=1S/C19H29N3O2/c1-18(2)13-15(19(3,4)24-18)21-16-14(9-8-10-20-16)17(23)22-11-6-5-7-12-22/h8-10,15H,5-7,11-13H2,1-4H3,(H,20,21). The summed E-state index contributed by atoms with van der Waals surface area (Å²) in [5.41, 5.74) is 0.194. The van der Waals surface area contributed by atoms with Crippen LogP contribution in [-0.2, 0) is 4.74 Å². The highest BCUT2D eigenvalue weighted by Crippen LogP contribution is 2.39. The van der Waals surface area contributed by atoms with Crippen LogP contribution in [0.1, 0.15) is 63.7 Å². The molecule has 0 saturated carbocycles. The number of hydrogen-bond acceptors (Lipinski definition) is 4. The topological polar surface area (TPSA) is 54.5 Å². The molecule has 1 unspecified atom stereocenters. The number of carbonyl (C=O) groups is 1. The second-order valence-corrected chi connectivity index (χ2v) is 8.12. The highest BCUT2D eigenvalue weighted by Gasteiger charge is 2.46. The Balaban J connectivity index is 1.81. The third kappa shape index (κ3) is 3.56. The Hall–Kier alpha value is -1.62. The van der Waals surface area contributed by atoms with Gasteiger partial charge in [-0.25, -0.2) is 4.98 Å². The van der Waals surface area contributed by atoms with Crippen molar-refractivity contribution in [2.75, 3.05) is 18.4 Å². The van der Waals surface area contributed by atoms with Crippen molar-refractivity contribution in [3.8, 4) is 0 Å². The van der Waals surface area contributed by atoms with Crippen LogP contribution in [-0.4, -0.2) is 46.1 Å². The fraction of sp³-hybridized carbons (Fsp3) is 0.684. The third-order valence-corrected chi connectivity index (χ3v) is 5.07. The van der Waals surface area contributed by atoms with Gasteiger partial charge in [-0.1, -0.05) is 0 Å². The van der Waals surface area contributed by atoms with Gasteiger partial charge in [0.05, 0.1) is 22.8 Å². The SMILES string of the molecule is CC1(C)CC(Nc2ncccc2C(=O)N2CCCCC2)C(C)(C)O1. The first-order valence-corrected chi connectivity index (χ1v) is 8.99. The molecule has 1 aromatic rings. The molecule has 1 N–H and O–H groups in total. The molecule has 1 amide bonds. The number of anilines is 1. The molecule has 2 fully saturated rings. The first-order valence-electron chi connectivity index (χ1n) is 8.99. The number of nitrogens with zero attached hydrogens (tertiary/aromatic N) is 2. The lowest BCUT2D eigenvalue weighted by Crippen LogP contribution is -2.40. The summed E-state index contributed by atoms with van der Waals surface area (Å²) in [4.78, 5) is 19.3. The summed E-state index contributed by atoms with van der Waals surface area (Å²) in [5.74, 6) is 0.758. The highest BCUT2D eigenvalue weighted by atomic mass is 16.5. The van der Waals surface area contributed by atoms with Crippen LogP contribution in [0.2, 0.25) is 0 Å². The molecule has 0 aromatic carbocycles. The number of likely N-dealkylation sites (tertiary alicyclic amines) is 1. The van der Waals surface area contributed by atoms with Crippen LogP contribution in [0.25, 0.3) is 0 Å². The zero-order chi connectivity index (χ0) is 17.4. The zero-order valence-corrected chi connectivity index (χ0v) is 15.3. The Morgan fingerprint density at radius 1 is 1.25 bits per heavy atom. The van der Waals surface area contributed by atoms with Crippen molar-refractivity contribution in [2.45, 2.75) is 70.6 Å². The van der Waals surface area contributed by atoms with Gasteiger partial charge in [0.15, 0.2) is 0 Å². The predicted octanol–water partition coefficient (Wildman–Crippen LogP) is 3.47. The molecular weight excluding hydrogens is 302 g/mol. The van der Waals surface area contributed by atoms with Gasteiger partial charge in [0.1, 0.15) is 5.82 Å². The molecule has 3 rings (SSSR count). The summed E-state index contributed by atoms with van der Waals surface area (Å²) in [6.07, 6.45) is 6.01. The number of aromatic nitrogens is 1. The van der Waals surface area contributed by atoms with Crippen LogP contribution >= 0.6 is 0 Å². The Bertz CT molecular complexity index is 606. The summed E-state index contributed by atoms with van der Waals surface area (Å²) >= 11 is 0. The number of rotatable bonds is 3. The molecule has 0 aliphatic carbocycles. The molecular formula is C19H29N3O2. The Kier molecular flexibility index (Phi) is 4.56. The first kappa shape index (κ1) is 17.2. The average Bonchev–Trinajstić information content (AvgIpc) is 2.75. The number of ether oxygens (including phenoxy) is 1. The van der Waals surface area contributed by atoms with E-state index in [1.165, 1.54) is 6.42 Å². The minimum Gasteiger partial charge on any atom is -0.367 e. The minimum atomic E-state index is -0.299. The molecule has 132 valence electrons. The maximum absolute atomic E-state index is 12.9. The van der Waals surface area contributed by atoms with Crippen molar-refractivity contribution < 1.29 is 9.53 Å². The molecule has 3 heterocycles. The maximum atomic E-state index is 12.9. The van der Waals surface area contributed by atoms with Crippen molar-refractivity contribution in [1.82, 2.24) is 9.88 Å². The lowest BCUT2D eigenvalue weighted by molar-refractivity contribution is -0.0662. The van der Waals surface area contributed by atoms with E-state index in [4.69, 9.17) is 4.74 Å². The van der Waals surface area contributed by atoms with Gasteiger partial charge in [-0.05, 0) is 65.5 Å². The molecule has 5 heteroatoms. The first-order chi connectivity index (χ1) is 11.3. The molecule has 0 radical (unpaired) electrons. The smallest absolute Gasteiger partial charge is 0.257 e. The summed E-state index contributed by atoms with van der Waals surface area (Å²) in [5, 5.41) is 3.49. The van der Waals surface area contributed by atoms with Crippen molar-refractivity contribution in [2.24, 2.45) is 0 Å². The van der Waals surface area contributed by atoms with Gasteiger partial charge in [0.25, 0.3) is 5.91 Å². The summed E-state index contributed by atoms with van der Waals surface area (Å²) in [6, 6.07) is 3.83. The van der Waals surface area contributed by atoms with Crippen LogP contribution in [0.5, 0.6) is 0 Å². The average molecular weight is 331 g/mol. The van der Waals surface area contributed by atoms with E-state index in [2.05, 4.69) is 38.0 Å². The van der Waals surface area contributed by atoms with Crippen LogP contribution in [0.15, 0.2) is 18.3 Å². The maximum Gasteiger partial charge on any atom is 0.257 e. The van der Waals surface area contributed by atoms with Crippen LogP contribution < -0.4 is 5.32 Å². The van der Waals surface area contributed by atoms with E-state index in [-0.39, 0.29) is 23.2 Å². The van der Waals surface area contributed by atoms with Gasteiger partial charge >= 0.3 is 0 Å². The molecule has 2 saturated heterocycles. The molecule has 5 nitrogen and oxygen atoms in total. The van der Waals surface area contributed by atoms with Crippen molar-refractivity contribution >= 4 is 11.7 Å². The third-order valence-electron chi connectivity index (χ3n) is 5.07. The minimum absolute atomic E-state index is 0.0845. The normalized spacial score (nSPS) is 25.5. The monoisotopic (exact) mass is 331 g/mol. The van der Waals surface area contributed by atoms with Crippen molar-refractivity contribution in [3.63, 3.8) is 0 Å². The summed E-state index contributed by atoms with van der Waals surface area (Å²) < 4.78 is 6.15. The van der Waals surface area contributed by atoms with Crippen LogP contribution in [0.3, 0.4) is 0 Å². The number of pyridine rings is 1. The number of carbonyl (C=O) groups excluding carboxylic acids is 1. The second-order valence-electron chi connectivity index (χ2n) is 8.12.